The molecule has 1 aliphatic rings. The van der Waals surface area contributed by atoms with Crippen molar-refractivity contribution in [3.8, 4) is 0 Å². The molecule has 0 bridgehead atoms. The first-order valence-electron chi connectivity index (χ1n) is 7.09. The summed E-state index contributed by atoms with van der Waals surface area (Å²) in [4.78, 5) is 0. The van der Waals surface area contributed by atoms with Crippen LogP contribution in [0.25, 0.3) is 0 Å². The van der Waals surface area contributed by atoms with E-state index in [4.69, 9.17) is 4.74 Å². The zero-order chi connectivity index (χ0) is 12.7. The molecule has 1 atom stereocenters. The van der Waals surface area contributed by atoms with Crippen molar-refractivity contribution < 1.29 is 4.74 Å². The number of ether oxygens (including phenoxy) is 1. The predicted octanol–water partition coefficient (Wildman–Crippen LogP) is 3.88. The van der Waals surface area contributed by atoms with Gasteiger partial charge in [0.1, 0.15) is 5.76 Å². The largest absolute Gasteiger partial charge is 0.497 e. The zero-order valence-corrected chi connectivity index (χ0v) is 12.0. The highest BCUT2D eigenvalue weighted by molar-refractivity contribution is 5.05. The molecule has 0 saturated carbocycles. The van der Waals surface area contributed by atoms with Crippen molar-refractivity contribution in [3.63, 3.8) is 0 Å². The second kappa shape index (κ2) is 7.05. The van der Waals surface area contributed by atoms with Gasteiger partial charge >= 0.3 is 0 Å². The minimum atomic E-state index is 0.404. The van der Waals surface area contributed by atoms with Crippen LogP contribution >= 0.6 is 0 Å². The van der Waals surface area contributed by atoms with E-state index in [1.165, 1.54) is 37.9 Å². The molecule has 0 aromatic carbocycles. The Morgan fingerprint density at radius 1 is 1.41 bits per heavy atom. The molecule has 0 aliphatic carbocycles. The average Bonchev–Trinajstić information content (AvgIpc) is 2.29. The molecule has 1 N–H and O–H groups in total. The van der Waals surface area contributed by atoms with Crippen LogP contribution in [-0.2, 0) is 4.74 Å². The molecule has 0 aromatic heterocycles. The number of rotatable bonds is 6. The van der Waals surface area contributed by atoms with Crippen LogP contribution in [0.1, 0.15) is 59.8 Å². The molecular formula is C15H29NO. The van der Waals surface area contributed by atoms with Crippen molar-refractivity contribution >= 4 is 0 Å². The fraction of sp³-hybridized carbons (Fsp3) is 0.867. The maximum absolute atomic E-state index is 5.80. The normalized spacial score (nSPS) is 18.5. The topological polar surface area (TPSA) is 21.3 Å². The number of allylic oxidation sites excluding steroid dienone is 1. The highest BCUT2D eigenvalue weighted by atomic mass is 16.5. The Morgan fingerprint density at radius 2 is 2.18 bits per heavy atom. The van der Waals surface area contributed by atoms with Gasteiger partial charge in [0.15, 0.2) is 0 Å². The van der Waals surface area contributed by atoms with Crippen LogP contribution in [0.5, 0.6) is 0 Å². The maximum Gasteiger partial charge on any atom is 0.109 e. The fourth-order valence-corrected chi connectivity index (χ4v) is 2.06. The molecule has 0 saturated heterocycles. The number of hydrogen-bond donors (Lipinski definition) is 1. The molecule has 0 amide bonds. The predicted molar refractivity (Wildman–Crippen MR) is 74.0 cm³/mol. The van der Waals surface area contributed by atoms with Gasteiger partial charge in [0, 0.05) is 0 Å². The van der Waals surface area contributed by atoms with Crippen molar-refractivity contribution in [2.45, 2.75) is 65.8 Å². The molecule has 100 valence electrons. The lowest BCUT2D eigenvalue weighted by Gasteiger charge is -2.27. The minimum Gasteiger partial charge on any atom is -0.497 e. The third-order valence-electron chi connectivity index (χ3n) is 3.13. The summed E-state index contributed by atoms with van der Waals surface area (Å²) >= 11 is 0. The Bertz CT molecular complexity index is 240. The summed E-state index contributed by atoms with van der Waals surface area (Å²) < 4.78 is 5.80. The molecular weight excluding hydrogens is 210 g/mol. The van der Waals surface area contributed by atoms with Crippen LogP contribution in [0.3, 0.4) is 0 Å². The lowest BCUT2D eigenvalue weighted by atomic mass is 9.88. The SMILES string of the molecule is CCCNC(CCC(C)(C)C)C1=CCCCO1. The molecule has 0 radical (unpaired) electrons. The van der Waals surface area contributed by atoms with Crippen molar-refractivity contribution in [2.75, 3.05) is 13.2 Å². The standard InChI is InChI=1S/C15H29NO/c1-5-11-16-13(9-10-15(2,3)4)14-8-6-7-12-17-14/h8,13,16H,5-7,9-12H2,1-4H3. The molecule has 1 heterocycles. The number of hydrogen-bond acceptors (Lipinski definition) is 2. The first-order valence-corrected chi connectivity index (χ1v) is 7.09. The summed E-state index contributed by atoms with van der Waals surface area (Å²) in [6.45, 7) is 11.1. The second-order valence-electron chi connectivity index (χ2n) is 6.20. The van der Waals surface area contributed by atoms with Crippen molar-refractivity contribution in [3.05, 3.63) is 11.8 Å². The second-order valence-corrected chi connectivity index (χ2v) is 6.20. The Balaban J connectivity index is 2.50. The van der Waals surface area contributed by atoms with Gasteiger partial charge in [-0.1, -0.05) is 27.7 Å². The van der Waals surface area contributed by atoms with E-state index in [1.807, 2.05) is 0 Å². The van der Waals surface area contributed by atoms with Crippen molar-refractivity contribution in [1.29, 1.82) is 0 Å². The third kappa shape index (κ3) is 6.11. The Kier molecular flexibility index (Phi) is 6.04. The van der Waals surface area contributed by atoms with Gasteiger partial charge in [-0.05, 0) is 50.1 Å². The van der Waals surface area contributed by atoms with Gasteiger partial charge in [-0.25, -0.2) is 0 Å². The molecule has 2 nitrogen and oxygen atoms in total. The van der Waals surface area contributed by atoms with E-state index in [9.17, 15) is 0 Å². The van der Waals surface area contributed by atoms with Crippen LogP contribution in [-0.4, -0.2) is 19.2 Å². The summed E-state index contributed by atoms with van der Waals surface area (Å²) in [7, 11) is 0. The van der Waals surface area contributed by atoms with Gasteiger partial charge in [0.2, 0.25) is 0 Å². The summed E-state index contributed by atoms with van der Waals surface area (Å²) in [6.07, 6.45) is 8.21. The monoisotopic (exact) mass is 239 g/mol. The highest BCUT2D eigenvalue weighted by Crippen LogP contribution is 2.25. The molecule has 2 heteroatoms. The van der Waals surface area contributed by atoms with Crippen LogP contribution in [0.4, 0.5) is 0 Å². The van der Waals surface area contributed by atoms with E-state index in [1.54, 1.807) is 0 Å². The van der Waals surface area contributed by atoms with E-state index in [0.29, 0.717) is 11.5 Å². The maximum atomic E-state index is 5.80. The molecule has 0 fully saturated rings. The van der Waals surface area contributed by atoms with Crippen molar-refractivity contribution in [2.24, 2.45) is 5.41 Å². The van der Waals surface area contributed by atoms with Gasteiger partial charge in [-0.3, -0.25) is 0 Å². The molecule has 17 heavy (non-hydrogen) atoms. The van der Waals surface area contributed by atoms with Gasteiger partial charge in [0.25, 0.3) is 0 Å². The summed E-state index contributed by atoms with van der Waals surface area (Å²) in [5, 5.41) is 3.62. The summed E-state index contributed by atoms with van der Waals surface area (Å²) in [5.74, 6) is 1.19. The van der Waals surface area contributed by atoms with E-state index in [0.717, 1.165) is 13.2 Å². The highest BCUT2D eigenvalue weighted by Gasteiger charge is 2.20. The molecule has 0 aromatic rings. The van der Waals surface area contributed by atoms with Crippen LogP contribution < -0.4 is 5.32 Å². The van der Waals surface area contributed by atoms with Gasteiger partial charge in [-0.2, -0.15) is 0 Å². The Labute approximate surface area is 107 Å². The number of nitrogens with one attached hydrogen (secondary N) is 1. The fourth-order valence-electron chi connectivity index (χ4n) is 2.06. The molecule has 1 rings (SSSR count). The lowest BCUT2D eigenvalue weighted by molar-refractivity contribution is 0.160. The summed E-state index contributed by atoms with van der Waals surface area (Å²) in [5.41, 5.74) is 0.404. The van der Waals surface area contributed by atoms with E-state index in [2.05, 4.69) is 39.1 Å². The zero-order valence-electron chi connectivity index (χ0n) is 12.0. The molecule has 0 spiro atoms. The smallest absolute Gasteiger partial charge is 0.109 e. The van der Waals surface area contributed by atoms with Gasteiger partial charge < -0.3 is 10.1 Å². The Morgan fingerprint density at radius 3 is 2.71 bits per heavy atom. The van der Waals surface area contributed by atoms with Crippen LogP contribution in [0.2, 0.25) is 0 Å². The van der Waals surface area contributed by atoms with Gasteiger partial charge in [0.05, 0.1) is 12.6 Å². The van der Waals surface area contributed by atoms with Crippen LogP contribution in [0, 0.1) is 5.41 Å². The average molecular weight is 239 g/mol. The first kappa shape index (κ1) is 14.6. The molecule has 1 unspecified atom stereocenters. The van der Waals surface area contributed by atoms with Crippen molar-refractivity contribution in [1.82, 2.24) is 5.32 Å². The van der Waals surface area contributed by atoms with E-state index in [-0.39, 0.29) is 0 Å². The quantitative estimate of drug-likeness (QED) is 0.759. The third-order valence-corrected chi connectivity index (χ3v) is 3.13. The first-order chi connectivity index (χ1) is 8.03. The minimum absolute atomic E-state index is 0.404. The van der Waals surface area contributed by atoms with Gasteiger partial charge in [-0.15, -0.1) is 0 Å². The lowest BCUT2D eigenvalue weighted by Crippen LogP contribution is -2.34. The molecule has 1 aliphatic heterocycles. The Hall–Kier alpha value is -0.500. The summed E-state index contributed by atoms with van der Waals surface area (Å²) in [6, 6.07) is 0.425. The van der Waals surface area contributed by atoms with E-state index >= 15 is 0 Å². The van der Waals surface area contributed by atoms with E-state index < -0.39 is 0 Å². The van der Waals surface area contributed by atoms with Crippen LogP contribution in [0.15, 0.2) is 11.8 Å².